The van der Waals surface area contributed by atoms with Gasteiger partial charge < -0.3 is 33.2 Å². The molecule has 102 valence electrons. The van der Waals surface area contributed by atoms with Crippen LogP contribution in [0.3, 0.4) is 0 Å². The molecule has 0 saturated heterocycles. The van der Waals surface area contributed by atoms with E-state index >= 15 is 0 Å². The smallest absolute Gasteiger partial charge is 0.368 e. The molecule has 0 radical (unpaired) electrons. The van der Waals surface area contributed by atoms with Crippen LogP contribution in [0.25, 0.3) is 11.2 Å². The molecule has 0 atom stereocenters. The molecule has 0 aliphatic carbocycles. The van der Waals surface area contributed by atoms with Gasteiger partial charge in [-0.05, 0) is 0 Å². The first-order chi connectivity index (χ1) is 7.29. The Morgan fingerprint density at radius 3 is 2.29 bits per heavy atom. The summed E-state index contributed by atoms with van der Waals surface area (Å²) in [4.78, 5) is 12.6. The van der Waals surface area contributed by atoms with Crippen molar-refractivity contribution in [1.29, 1.82) is 0 Å². The number of nitrogens with one attached hydrogen (secondary N) is 3. The van der Waals surface area contributed by atoms with Gasteiger partial charge in [0.15, 0.2) is 6.33 Å². The molecule has 0 aromatic carbocycles. The first-order valence-corrected chi connectivity index (χ1v) is 22.2. The zero-order valence-electron chi connectivity index (χ0n) is 7.95. The fourth-order valence-corrected chi connectivity index (χ4v) is 0.872. The van der Waals surface area contributed by atoms with Crippen molar-refractivity contribution >= 4 is 91.4 Å². The Kier molecular flexibility index (Phi) is 23.7. The molecule has 0 saturated carbocycles. The number of rotatable bonds is 0. The summed E-state index contributed by atoms with van der Waals surface area (Å²) in [6.07, 6.45) is 3.24. The Hall–Kier alpha value is 2.44. The van der Waals surface area contributed by atoms with Crippen LogP contribution in [-0.4, -0.2) is 15.4 Å². The number of H-pyrrole nitrogens is 3. The van der Waals surface area contributed by atoms with Crippen molar-refractivity contribution in [2.24, 2.45) is 0 Å². The second-order valence-corrected chi connectivity index (χ2v) is 18.3. The van der Waals surface area contributed by atoms with Crippen LogP contribution < -0.4 is 45.9 Å². The van der Waals surface area contributed by atoms with Crippen molar-refractivity contribution in [2.45, 2.75) is 0 Å². The van der Waals surface area contributed by atoms with Crippen molar-refractivity contribution in [3.63, 3.8) is 0 Å². The van der Waals surface area contributed by atoms with Gasteiger partial charge in [-0.2, -0.15) is 9.97 Å². The Morgan fingerprint density at radius 1 is 1.29 bits per heavy atom. The molecule has 6 nitrogen and oxygen atoms in total. The number of nitrogens with zero attached hydrogens (tertiary/aromatic N) is 1. The van der Waals surface area contributed by atoms with E-state index in [1.54, 1.807) is 12.7 Å². The van der Waals surface area contributed by atoms with E-state index in [0.717, 1.165) is 11.2 Å². The molecule has 2 rings (SSSR count). The van der Waals surface area contributed by atoms with Gasteiger partial charge in [0.1, 0.15) is 0 Å². The normalized spacial score (nSPS) is 7.76. The molecular formula is C5H9BrI5N5O. The number of hydrogen-bond donors (Lipinski definition) is 2. The van der Waals surface area contributed by atoms with Crippen LogP contribution in [0.2, 0.25) is 0 Å². The summed E-state index contributed by atoms with van der Waals surface area (Å²) >= 11 is 9.54. The average molecular weight is 870 g/mol. The van der Waals surface area contributed by atoms with Gasteiger partial charge in [0.2, 0.25) is 5.52 Å². The molecule has 0 spiro atoms. The minimum absolute atomic E-state index is 0. The number of hydrogen-bond acceptors (Lipinski definition) is 2. The van der Waals surface area contributed by atoms with Gasteiger partial charge >= 0.3 is 68.3 Å². The summed E-state index contributed by atoms with van der Waals surface area (Å²) in [6.45, 7) is 0. The number of nitrogen functional groups attached to an aromatic ring is 1. The maximum atomic E-state index is 5.52. The SMILES string of the molecule is II.I[I-]I.Nc1nc[nH+]c2[nH+]c[nH]c12.O.[Br-]. The summed E-state index contributed by atoms with van der Waals surface area (Å²) in [5, 5.41) is 0. The molecule has 0 fully saturated rings. The van der Waals surface area contributed by atoms with Crippen molar-refractivity contribution in [1.82, 2.24) is 9.97 Å². The van der Waals surface area contributed by atoms with Gasteiger partial charge in [-0.15, -0.1) is 0 Å². The summed E-state index contributed by atoms with van der Waals surface area (Å²) in [6, 6.07) is 0. The standard InChI is InChI=1S/C5H5N5.BrH.I3.I2.H2O/c6-4-3-5(9-1-7-3)10-2-8-4;;1-3-2;1-2;/h1-2H,(H3,6,7,8,9,10);1H;;;1H2/q;;-1;;/p+1. The Morgan fingerprint density at radius 2 is 1.82 bits per heavy atom. The number of halogens is 6. The maximum absolute atomic E-state index is 5.52. The fraction of sp³-hybridized carbons (Fsp3) is 0. The second-order valence-electron chi connectivity index (χ2n) is 2.02. The molecule has 0 aliphatic rings. The molecule has 0 unspecified atom stereocenters. The van der Waals surface area contributed by atoms with Gasteiger partial charge in [0.05, 0.1) is 0 Å². The monoisotopic (exact) mass is 869 g/mol. The van der Waals surface area contributed by atoms with E-state index in [1.807, 2.05) is 0 Å². The van der Waals surface area contributed by atoms with Gasteiger partial charge in [-0.3, -0.25) is 0 Å². The predicted molar refractivity (Wildman–Crippen MR) is 93.3 cm³/mol. The zero-order chi connectivity index (χ0) is 11.7. The van der Waals surface area contributed by atoms with Gasteiger partial charge in [-0.25, -0.2) is 0 Å². The van der Waals surface area contributed by atoms with Gasteiger partial charge in [-0.1, -0.05) is 0 Å². The van der Waals surface area contributed by atoms with Crippen LogP contribution in [0.15, 0.2) is 12.7 Å². The molecule has 12 heteroatoms. The van der Waals surface area contributed by atoms with E-state index in [2.05, 4.69) is 94.4 Å². The van der Waals surface area contributed by atoms with E-state index in [9.17, 15) is 0 Å². The van der Waals surface area contributed by atoms with Crippen LogP contribution in [-0.2, 0) is 0 Å². The fourth-order valence-electron chi connectivity index (χ4n) is 0.872. The molecule has 2 heterocycles. The molecule has 17 heavy (non-hydrogen) atoms. The molecule has 7 N–H and O–H groups in total. The average Bonchev–Trinajstić information content (AvgIpc) is 2.71. The zero-order valence-corrected chi connectivity index (χ0v) is 20.3. The molecule has 0 amide bonds. The third kappa shape index (κ3) is 9.90. The van der Waals surface area contributed by atoms with E-state index in [4.69, 9.17) is 5.73 Å². The first kappa shape index (κ1) is 24.5. The molecule has 0 aliphatic heterocycles. The van der Waals surface area contributed by atoms with Crippen LogP contribution in [0.5, 0.6) is 0 Å². The summed E-state index contributed by atoms with van der Waals surface area (Å²) in [5.74, 6) is 0.495. The molecule has 0 bridgehead atoms. The molecule has 2 aromatic heterocycles. The summed E-state index contributed by atoms with van der Waals surface area (Å²) < 4.78 is 0. The third-order valence-electron chi connectivity index (χ3n) is 1.35. The van der Waals surface area contributed by atoms with E-state index in [0.29, 0.717) is 19.1 Å². The van der Waals surface area contributed by atoms with Crippen LogP contribution in [0.1, 0.15) is 0 Å². The first-order valence-electron chi connectivity index (χ1n) is 3.32. The number of aromatic amines is 3. The number of anilines is 1. The Balaban J connectivity index is -0.000000249. The summed E-state index contributed by atoms with van der Waals surface area (Å²) in [5.41, 5.74) is 7.18. The quantitative estimate of drug-likeness (QED) is 0.261. The van der Waals surface area contributed by atoms with Crippen molar-refractivity contribution < 1.29 is 45.7 Å². The minimum Gasteiger partial charge on any atom is -1.00 e. The van der Waals surface area contributed by atoms with Crippen molar-refractivity contribution in [3.05, 3.63) is 12.7 Å². The van der Waals surface area contributed by atoms with Crippen LogP contribution >= 0.6 is 74.5 Å². The largest absolute Gasteiger partial charge is 1.00 e. The van der Waals surface area contributed by atoms with Gasteiger partial charge in [0.25, 0.3) is 0 Å². The van der Waals surface area contributed by atoms with E-state index in [-0.39, 0.29) is 22.5 Å². The van der Waals surface area contributed by atoms with Gasteiger partial charge in [0, 0.05) is 42.2 Å². The Labute approximate surface area is 162 Å². The second kappa shape index (κ2) is 16.5. The van der Waals surface area contributed by atoms with Crippen LogP contribution in [0.4, 0.5) is 5.82 Å². The molecule has 2 aromatic rings. The number of nitrogens with two attached hydrogens (primary N) is 1. The topological polar surface area (TPSA) is 114 Å². The number of fused-ring (bicyclic) bond motifs is 1. The van der Waals surface area contributed by atoms with Crippen molar-refractivity contribution in [2.75, 3.05) is 5.73 Å². The minimum atomic E-state index is 0. The Bertz CT molecular complexity index is 389. The van der Waals surface area contributed by atoms with Crippen LogP contribution in [0, 0.1) is 0 Å². The summed E-state index contributed by atoms with van der Waals surface area (Å²) in [7, 11) is 0. The maximum Gasteiger partial charge on any atom is 0.368 e. The predicted octanol–water partition coefficient (Wildman–Crippen LogP) is -4.50. The number of aromatic nitrogens is 4. The van der Waals surface area contributed by atoms with E-state index in [1.165, 1.54) is 0 Å². The molecular weight excluding hydrogens is 861 g/mol. The number of imidazole rings is 1. The van der Waals surface area contributed by atoms with E-state index < -0.39 is 0 Å². The van der Waals surface area contributed by atoms with Crippen molar-refractivity contribution in [3.8, 4) is 0 Å². The third-order valence-corrected chi connectivity index (χ3v) is 1.35.